The highest BCUT2D eigenvalue weighted by atomic mass is 79.9. The summed E-state index contributed by atoms with van der Waals surface area (Å²) >= 11 is 4.69. The third-order valence-electron chi connectivity index (χ3n) is 2.39. The maximum atomic E-state index is 13.4. The second kappa shape index (κ2) is 5.71. The van der Waals surface area contributed by atoms with Gasteiger partial charge in [0.05, 0.1) is 0 Å². The van der Waals surface area contributed by atoms with Crippen molar-refractivity contribution in [3.05, 3.63) is 58.1 Å². The number of hydrogen-bond donors (Lipinski definition) is 1. The Balaban J connectivity index is 2.14. The van der Waals surface area contributed by atoms with Gasteiger partial charge < -0.3 is 5.73 Å². The van der Waals surface area contributed by atoms with Crippen LogP contribution in [0.25, 0.3) is 0 Å². The van der Waals surface area contributed by atoms with E-state index in [2.05, 4.69) is 15.9 Å². The van der Waals surface area contributed by atoms with Gasteiger partial charge in [-0.25, -0.2) is 8.78 Å². The Morgan fingerprint density at radius 3 is 2.67 bits per heavy atom. The van der Waals surface area contributed by atoms with Crippen LogP contribution in [0.4, 0.5) is 14.5 Å². The molecule has 2 aromatic rings. The van der Waals surface area contributed by atoms with Gasteiger partial charge in [-0.05, 0) is 24.3 Å². The maximum absolute atomic E-state index is 13.4. The van der Waals surface area contributed by atoms with Crippen molar-refractivity contribution in [2.45, 2.75) is 10.6 Å². The minimum absolute atomic E-state index is 0.335. The highest BCUT2D eigenvalue weighted by molar-refractivity contribution is 9.10. The summed E-state index contributed by atoms with van der Waals surface area (Å²) in [6.07, 6.45) is 0. The van der Waals surface area contributed by atoms with Crippen LogP contribution >= 0.6 is 27.7 Å². The fourth-order valence-electron chi connectivity index (χ4n) is 1.47. The lowest BCUT2D eigenvalue weighted by Crippen LogP contribution is -1.93. The Morgan fingerprint density at radius 2 is 1.94 bits per heavy atom. The molecule has 2 N–H and O–H groups in total. The van der Waals surface area contributed by atoms with Gasteiger partial charge in [0.2, 0.25) is 0 Å². The molecule has 0 fully saturated rings. The van der Waals surface area contributed by atoms with E-state index in [4.69, 9.17) is 5.73 Å². The number of halogens is 3. The molecule has 0 aliphatic carbocycles. The second-order valence-corrected chi connectivity index (χ2v) is 5.62. The molecule has 0 unspecified atom stereocenters. The lowest BCUT2D eigenvalue weighted by Gasteiger charge is -2.07. The van der Waals surface area contributed by atoms with Gasteiger partial charge >= 0.3 is 0 Å². The lowest BCUT2D eigenvalue weighted by molar-refractivity contribution is 0.502. The summed E-state index contributed by atoms with van der Waals surface area (Å²) in [7, 11) is 0. The summed E-state index contributed by atoms with van der Waals surface area (Å²) in [5.74, 6) is -1.27. The SMILES string of the molecule is Nc1cc(Br)ccc1SCc1cccc(F)c1F. The van der Waals surface area contributed by atoms with E-state index >= 15 is 0 Å². The number of nitrogens with two attached hydrogens (primary N) is 1. The molecular weight excluding hydrogens is 320 g/mol. The van der Waals surface area contributed by atoms with Crippen LogP contribution in [0.1, 0.15) is 5.56 Å². The summed E-state index contributed by atoms with van der Waals surface area (Å²) in [6.45, 7) is 0. The lowest BCUT2D eigenvalue weighted by atomic mass is 10.2. The van der Waals surface area contributed by atoms with E-state index in [0.717, 1.165) is 15.4 Å². The third-order valence-corrected chi connectivity index (χ3v) is 4.02. The molecule has 2 aromatic carbocycles. The van der Waals surface area contributed by atoms with Crippen molar-refractivity contribution in [2.75, 3.05) is 5.73 Å². The average molecular weight is 330 g/mol. The normalized spacial score (nSPS) is 10.6. The molecule has 0 atom stereocenters. The van der Waals surface area contributed by atoms with Gasteiger partial charge in [-0.1, -0.05) is 28.1 Å². The molecule has 0 saturated carbocycles. The number of anilines is 1. The largest absolute Gasteiger partial charge is 0.398 e. The average Bonchev–Trinajstić information content (AvgIpc) is 2.33. The molecule has 5 heteroatoms. The maximum Gasteiger partial charge on any atom is 0.162 e. The Hall–Kier alpha value is -1.07. The van der Waals surface area contributed by atoms with E-state index in [9.17, 15) is 8.78 Å². The Bertz CT molecular complexity index is 575. The highest BCUT2D eigenvalue weighted by Crippen LogP contribution is 2.31. The van der Waals surface area contributed by atoms with Gasteiger partial charge in [0.1, 0.15) is 0 Å². The molecule has 0 spiro atoms. The van der Waals surface area contributed by atoms with Crippen LogP contribution in [-0.4, -0.2) is 0 Å². The summed E-state index contributed by atoms with van der Waals surface area (Å²) in [5, 5.41) is 0. The molecule has 0 saturated heterocycles. The van der Waals surface area contributed by atoms with Crippen molar-refractivity contribution in [3.63, 3.8) is 0 Å². The molecule has 0 amide bonds. The summed E-state index contributed by atoms with van der Waals surface area (Å²) in [6, 6.07) is 9.67. The zero-order chi connectivity index (χ0) is 13.1. The molecule has 0 aliphatic rings. The summed E-state index contributed by atoms with van der Waals surface area (Å²) < 4.78 is 27.4. The minimum atomic E-state index is -0.822. The van der Waals surface area contributed by atoms with E-state index < -0.39 is 11.6 Å². The molecule has 0 radical (unpaired) electrons. The molecule has 0 bridgehead atoms. The van der Waals surface area contributed by atoms with Gasteiger partial charge in [-0.2, -0.15) is 0 Å². The van der Waals surface area contributed by atoms with Gasteiger partial charge in [-0.15, -0.1) is 11.8 Å². The number of benzene rings is 2. The Morgan fingerprint density at radius 1 is 1.17 bits per heavy atom. The number of nitrogen functional groups attached to an aromatic ring is 1. The van der Waals surface area contributed by atoms with Crippen molar-refractivity contribution in [1.82, 2.24) is 0 Å². The molecule has 2 rings (SSSR count). The van der Waals surface area contributed by atoms with Crippen molar-refractivity contribution in [2.24, 2.45) is 0 Å². The highest BCUT2D eigenvalue weighted by Gasteiger charge is 2.08. The first-order valence-electron chi connectivity index (χ1n) is 5.18. The van der Waals surface area contributed by atoms with Crippen molar-refractivity contribution in [3.8, 4) is 0 Å². The predicted octanol–water partition coefficient (Wildman–Crippen LogP) is 4.60. The number of rotatable bonds is 3. The van der Waals surface area contributed by atoms with Gasteiger partial charge in [0.25, 0.3) is 0 Å². The van der Waals surface area contributed by atoms with Gasteiger partial charge in [0.15, 0.2) is 11.6 Å². The van der Waals surface area contributed by atoms with Crippen molar-refractivity contribution >= 4 is 33.4 Å². The fourth-order valence-corrected chi connectivity index (χ4v) is 2.77. The van der Waals surface area contributed by atoms with Crippen LogP contribution in [0, 0.1) is 11.6 Å². The van der Waals surface area contributed by atoms with E-state index in [0.29, 0.717) is 17.0 Å². The monoisotopic (exact) mass is 329 g/mol. The molecule has 94 valence electrons. The summed E-state index contributed by atoms with van der Waals surface area (Å²) in [4.78, 5) is 0.849. The standard InChI is InChI=1S/C13H10BrF2NS/c14-9-4-5-12(11(17)6-9)18-7-8-2-1-3-10(15)13(8)16/h1-6H,7,17H2. The van der Waals surface area contributed by atoms with Crippen molar-refractivity contribution in [1.29, 1.82) is 0 Å². The second-order valence-electron chi connectivity index (χ2n) is 3.68. The topological polar surface area (TPSA) is 26.0 Å². The molecular formula is C13H10BrF2NS. The first kappa shape index (κ1) is 13.4. The first-order valence-corrected chi connectivity index (χ1v) is 6.96. The minimum Gasteiger partial charge on any atom is -0.398 e. The van der Waals surface area contributed by atoms with E-state index in [-0.39, 0.29) is 0 Å². The van der Waals surface area contributed by atoms with Gasteiger partial charge in [0, 0.05) is 26.4 Å². The summed E-state index contributed by atoms with van der Waals surface area (Å²) in [5.41, 5.74) is 6.79. The van der Waals surface area contributed by atoms with E-state index in [1.165, 1.54) is 17.8 Å². The fraction of sp³-hybridized carbons (Fsp3) is 0.0769. The van der Waals surface area contributed by atoms with Gasteiger partial charge in [-0.3, -0.25) is 0 Å². The first-order chi connectivity index (χ1) is 8.58. The van der Waals surface area contributed by atoms with Crippen LogP contribution in [0.3, 0.4) is 0 Å². The Kier molecular flexibility index (Phi) is 4.24. The number of thioether (sulfide) groups is 1. The van der Waals surface area contributed by atoms with Crippen LogP contribution in [0.2, 0.25) is 0 Å². The third kappa shape index (κ3) is 3.03. The van der Waals surface area contributed by atoms with Crippen LogP contribution in [-0.2, 0) is 5.75 Å². The quantitative estimate of drug-likeness (QED) is 0.657. The predicted molar refractivity (Wildman–Crippen MR) is 74.5 cm³/mol. The zero-order valence-electron chi connectivity index (χ0n) is 9.29. The molecule has 0 aromatic heterocycles. The molecule has 1 nitrogen and oxygen atoms in total. The molecule has 18 heavy (non-hydrogen) atoms. The van der Waals surface area contributed by atoms with Crippen LogP contribution < -0.4 is 5.73 Å². The van der Waals surface area contributed by atoms with Crippen molar-refractivity contribution < 1.29 is 8.78 Å². The molecule has 0 heterocycles. The van der Waals surface area contributed by atoms with Crippen LogP contribution in [0.5, 0.6) is 0 Å². The van der Waals surface area contributed by atoms with Crippen LogP contribution in [0.15, 0.2) is 45.8 Å². The number of hydrogen-bond acceptors (Lipinski definition) is 2. The Labute approximate surface area is 117 Å². The van der Waals surface area contributed by atoms with E-state index in [1.54, 1.807) is 12.1 Å². The van der Waals surface area contributed by atoms with E-state index in [1.807, 2.05) is 12.1 Å². The zero-order valence-corrected chi connectivity index (χ0v) is 11.7. The smallest absolute Gasteiger partial charge is 0.162 e. The molecule has 0 aliphatic heterocycles.